The molecule has 1 aromatic heterocycles. The van der Waals surface area contributed by atoms with Crippen molar-refractivity contribution in [2.75, 3.05) is 12.1 Å². The number of hydrazine groups is 3. The van der Waals surface area contributed by atoms with Crippen molar-refractivity contribution in [1.29, 1.82) is 0 Å². The SMILES string of the molecule is CN(NNNC=O)c1cccc(Br)c1/C=C/c1ccc(C(C)(F)F)cn1. The zero-order chi connectivity index (χ0) is 19.2. The van der Waals surface area contributed by atoms with Gasteiger partial charge >= 0.3 is 0 Å². The van der Waals surface area contributed by atoms with Crippen LogP contribution < -0.4 is 21.5 Å². The first kappa shape index (κ1) is 20.0. The van der Waals surface area contributed by atoms with Gasteiger partial charge in [-0.3, -0.25) is 20.2 Å². The summed E-state index contributed by atoms with van der Waals surface area (Å²) in [6, 6.07) is 8.50. The van der Waals surface area contributed by atoms with E-state index < -0.39 is 5.92 Å². The maximum Gasteiger partial charge on any atom is 0.272 e. The summed E-state index contributed by atoms with van der Waals surface area (Å²) in [4.78, 5) is 14.3. The molecule has 138 valence electrons. The van der Waals surface area contributed by atoms with Crippen LogP contribution in [0, 0.1) is 0 Å². The fourth-order valence-corrected chi connectivity index (χ4v) is 2.61. The van der Waals surface area contributed by atoms with Gasteiger partial charge in [0.2, 0.25) is 6.41 Å². The number of hydrogen-bond acceptors (Lipinski definition) is 5. The molecule has 2 rings (SSSR count). The minimum absolute atomic E-state index is 0.131. The third-order valence-electron chi connectivity index (χ3n) is 3.46. The molecule has 0 aliphatic rings. The fourth-order valence-electron chi connectivity index (χ4n) is 2.12. The molecule has 6 nitrogen and oxygen atoms in total. The molecule has 0 atom stereocenters. The molecule has 0 aliphatic heterocycles. The van der Waals surface area contributed by atoms with Crippen molar-refractivity contribution in [3.8, 4) is 0 Å². The number of aromatic nitrogens is 1. The van der Waals surface area contributed by atoms with Crippen molar-refractivity contribution in [2.45, 2.75) is 12.8 Å². The summed E-state index contributed by atoms with van der Waals surface area (Å²) in [6.07, 6.45) is 5.21. The Bertz CT molecular complexity index is 778. The first-order valence-corrected chi connectivity index (χ1v) is 8.36. The number of pyridine rings is 1. The Hall–Kier alpha value is -2.36. The molecule has 0 aliphatic carbocycles. The second-order valence-electron chi connectivity index (χ2n) is 5.42. The number of alkyl halides is 2. The number of hydrogen-bond donors (Lipinski definition) is 3. The molecule has 0 unspecified atom stereocenters. The predicted octanol–water partition coefficient (Wildman–Crippen LogP) is 3.23. The molecule has 0 bridgehead atoms. The topological polar surface area (TPSA) is 69.3 Å². The van der Waals surface area contributed by atoms with Gasteiger partial charge in [0.05, 0.1) is 11.4 Å². The molecule has 0 radical (unpaired) electrons. The van der Waals surface area contributed by atoms with E-state index in [0.29, 0.717) is 12.1 Å². The van der Waals surface area contributed by atoms with E-state index in [-0.39, 0.29) is 5.56 Å². The Morgan fingerprint density at radius 3 is 2.62 bits per heavy atom. The van der Waals surface area contributed by atoms with Crippen LogP contribution >= 0.6 is 15.9 Å². The summed E-state index contributed by atoms with van der Waals surface area (Å²) in [5, 5.41) is 1.66. The van der Waals surface area contributed by atoms with E-state index in [0.717, 1.165) is 22.6 Å². The number of nitrogens with zero attached hydrogens (tertiary/aromatic N) is 2. The molecule has 2 aromatic rings. The van der Waals surface area contributed by atoms with Gasteiger partial charge < -0.3 is 0 Å². The second-order valence-corrected chi connectivity index (χ2v) is 6.28. The van der Waals surface area contributed by atoms with E-state index in [9.17, 15) is 13.6 Å². The largest absolute Gasteiger partial charge is 0.296 e. The van der Waals surface area contributed by atoms with E-state index in [1.807, 2.05) is 24.3 Å². The van der Waals surface area contributed by atoms with Gasteiger partial charge in [0.1, 0.15) is 0 Å². The highest BCUT2D eigenvalue weighted by Gasteiger charge is 2.24. The van der Waals surface area contributed by atoms with Crippen molar-refractivity contribution in [3.05, 3.63) is 57.8 Å². The van der Waals surface area contributed by atoms with E-state index in [2.05, 4.69) is 37.4 Å². The van der Waals surface area contributed by atoms with Gasteiger partial charge in [0.15, 0.2) is 0 Å². The Morgan fingerprint density at radius 2 is 2.00 bits per heavy atom. The fraction of sp³-hybridized carbons (Fsp3) is 0.176. The zero-order valence-corrected chi connectivity index (χ0v) is 15.7. The van der Waals surface area contributed by atoms with Crippen LogP contribution in [-0.2, 0) is 10.7 Å². The van der Waals surface area contributed by atoms with Crippen LogP contribution in [0.5, 0.6) is 0 Å². The van der Waals surface area contributed by atoms with Gasteiger partial charge in [-0.1, -0.05) is 22.0 Å². The van der Waals surface area contributed by atoms with Crippen LogP contribution in [0.25, 0.3) is 12.2 Å². The normalized spacial score (nSPS) is 11.6. The van der Waals surface area contributed by atoms with Gasteiger partial charge in [-0.2, -0.15) is 11.1 Å². The zero-order valence-electron chi connectivity index (χ0n) is 14.1. The summed E-state index contributed by atoms with van der Waals surface area (Å²) in [5.74, 6) is -2.91. The average molecular weight is 426 g/mol. The highest BCUT2D eigenvalue weighted by atomic mass is 79.9. The number of nitrogens with one attached hydrogen (secondary N) is 3. The van der Waals surface area contributed by atoms with E-state index in [4.69, 9.17) is 0 Å². The van der Waals surface area contributed by atoms with Crippen molar-refractivity contribution >= 4 is 40.2 Å². The highest BCUT2D eigenvalue weighted by Crippen LogP contribution is 2.29. The van der Waals surface area contributed by atoms with Crippen molar-refractivity contribution in [2.24, 2.45) is 0 Å². The molecular formula is C17H18BrF2N5O. The smallest absolute Gasteiger partial charge is 0.272 e. The first-order chi connectivity index (χ1) is 12.3. The Morgan fingerprint density at radius 1 is 1.23 bits per heavy atom. The van der Waals surface area contributed by atoms with Crippen molar-refractivity contribution < 1.29 is 13.6 Å². The molecule has 1 amide bonds. The molecule has 0 spiro atoms. The van der Waals surface area contributed by atoms with Crippen LogP contribution in [0.3, 0.4) is 0 Å². The minimum atomic E-state index is -2.91. The van der Waals surface area contributed by atoms with Crippen LogP contribution in [-0.4, -0.2) is 18.4 Å². The van der Waals surface area contributed by atoms with Gasteiger partial charge in [0.25, 0.3) is 5.92 Å². The number of anilines is 1. The lowest BCUT2D eigenvalue weighted by Crippen LogP contribution is -2.51. The maximum absolute atomic E-state index is 13.2. The number of carbonyl (C=O) groups excluding carboxylic acids is 1. The lowest BCUT2D eigenvalue weighted by molar-refractivity contribution is -0.110. The number of amides is 1. The molecule has 1 heterocycles. The third kappa shape index (κ3) is 5.32. The molecule has 1 aromatic carbocycles. The quantitative estimate of drug-likeness (QED) is 0.344. The van der Waals surface area contributed by atoms with Crippen LogP contribution in [0.4, 0.5) is 14.5 Å². The Kier molecular flexibility index (Phi) is 6.78. The molecule has 9 heteroatoms. The summed E-state index contributed by atoms with van der Waals surface area (Å²) in [6.45, 7) is 0.837. The van der Waals surface area contributed by atoms with Crippen molar-refractivity contribution in [3.63, 3.8) is 0 Å². The number of rotatable bonds is 8. The maximum atomic E-state index is 13.2. The lowest BCUT2D eigenvalue weighted by Gasteiger charge is -2.22. The third-order valence-corrected chi connectivity index (χ3v) is 4.15. The monoisotopic (exact) mass is 425 g/mol. The Labute approximate surface area is 158 Å². The standard InChI is InChI=1S/C17H18BrF2N5O/c1-17(19,20)12-6-7-13(21-10-12)8-9-14-15(18)4-3-5-16(14)25(2)24-23-22-11-26/h3-11,23-24H,1-2H3,(H,22,26)/b9-8+. The van der Waals surface area contributed by atoms with Gasteiger partial charge in [-0.25, -0.2) is 8.78 Å². The number of halogens is 3. The number of carbonyl (C=O) groups is 1. The molecule has 26 heavy (non-hydrogen) atoms. The van der Waals surface area contributed by atoms with Crippen molar-refractivity contribution in [1.82, 2.24) is 21.5 Å². The molecular weight excluding hydrogens is 408 g/mol. The second kappa shape index (κ2) is 8.84. The van der Waals surface area contributed by atoms with E-state index in [1.54, 1.807) is 18.1 Å². The highest BCUT2D eigenvalue weighted by molar-refractivity contribution is 9.10. The van der Waals surface area contributed by atoms with Gasteiger partial charge in [-0.15, -0.1) is 0 Å². The summed E-state index contributed by atoms with van der Waals surface area (Å²) in [5.41, 5.74) is 9.62. The van der Waals surface area contributed by atoms with Gasteiger partial charge in [0, 0.05) is 35.8 Å². The Balaban J connectivity index is 2.22. The van der Waals surface area contributed by atoms with Crippen LogP contribution in [0.1, 0.15) is 23.7 Å². The molecule has 0 saturated heterocycles. The average Bonchev–Trinajstić information content (AvgIpc) is 2.60. The van der Waals surface area contributed by atoms with E-state index in [1.165, 1.54) is 18.3 Å². The summed E-state index contributed by atoms with van der Waals surface area (Å²) >= 11 is 3.49. The lowest BCUT2D eigenvalue weighted by atomic mass is 10.1. The van der Waals surface area contributed by atoms with Crippen LogP contribution in [0.2, 0.25) is 0 Å². The van der Waals surface area contributed by atoms with Gasteiger partial charge in [-0.05, 0) is 36.4 Å². The summed E-state index contributed by atoms with van der Waals surface area (Å²) in [7, 11) is 1.76. The molecule has 0 fully saturated rings. The summed E-state index contributed by atoms with van der Waals surface area (Å²) < 4.78 is 27.3. The predicted molar refractivity (Wildman–Crippen MR) is 101 cm³/mol. The van der Waals surface area contributed by atoms with Crippen LogP contribution in [0.15, 0.2) is 41.0 Å². The van der Waals surface area contributed by atoms with E-state index >= 15 is 0 Å². The minimum Gasteiger partial charge on any atom is -0.296 e. The number of benzene rings is 1. The molecule has 3 N–H and O–H groups in total. The molecule has 0 saturated carbocycles. The first-order valence-electron chi connectivity index (χ1n) is 7.57.